The minimum absolute atomic E-state index is 0.0830. The SMILES string of the molecule is O=C(CC1C=CCC1)NCc1cn(-c2ccccc2)nc1-c1ccncc1. The summed E-state index contributed by atoms with van der Waals surface area (Å²) >= 11 is 0. The van der Waals surface area contributed by atoms with Crippen LogP contribution in [0.1, 0.15) is 24.8 Å². The normalized spacial score (nSPS) is 15.8. The van der Waals surface area contributed by atoms with Crippen LogP contribution in [0.5, 0.6) is 0 Å². The van der Waals surface area contributed by atoms with Gasteiger partial charge in [-0.25, -0.2) is 4.68 Å². The van der Waals surface area contributed by atoms with Gasteiger partial charge >= 0.3 is 0 Å². The Kier molecular flexibility index (Phi) is 5.10. The molecule has 0 radical (unpaired) electrons. The molecule has 5 heteroatoms. The minimum Gasteiger partial charge on any atom is -0.352 e. The van der Waals surface area contributed by atoms with Gasteiger partial charge in [0.15, 0.2) is 0 Å². The van der Waals surface area contributed by atoms with Crippen LogP contribution in [0.3, 0.4) is 0 Å². The maximum Gasteiger partial charge on any atom is 0.220 e. The Morgan fingerprint density at radius 2 is 1.96 bits per heavy atom. The number of pyridine rings is 1. The van der Waals surface area contributed by atoms with E-state index in [4.69, 9.17) is 5.10 Å². The second-order valence-corrected chi connectivity index (χ2v) is 6.77. The predicted molar refractivity (Wildman–Crippen MR) is 105 cm³/mol. The molecule has 1 atom stereocenters. The van der Waals surface area contributed by atoms with Crippen molar-refractivity contribution < 1.29 is 4.79 Å². The van der Waals surface area contributed by atoms with Crippen LogP contribution >= 0.6 is 0 Å². The Hall–Kier alpha value is -3.21. The van der Waals surface area contributed by atoms with Crippen LogP contribution in [0.4, 0.5) is 0 Å². The summed E-state index contributed by atoms with van der Waals surface area (Å²) in [5.41, 5.74) is 3.83. The van der Waals surface area contributed by atoms with Crippen molar-refractivity contribution in [3.05, 3.63) is 78.8 Å². The predicted octanol–water partition coefficient (Wildman–Crippen LogP) is 3.91. The number of aromatic nitrogens is 3. The highest BCUT2D eigenvalue weighted by atomic mass is 16.1. The van der Waals surface area contributed by atoms with Gasteiger partial charge in [0.05, 0.1) is 11.4 Å². The molecule has 3 aromatic rings. The lowest BCUT2D eigenvalue weighted by molar-refractivity contribution is -0.121. The van der Waals surface area contributed by atoms with E-state index in [2.05, 4.69) is 22.5 Å². The maximum absolute atomic E-state index is 12.3. The molecule has 0 saturated carbocycles. The standard InChI is InChI=1S/C22H22N4O/c27-21(14-17-6-4-5-7-17)24-15-19-16-26(20-8-2-1-3-9-20)25-22(19)18-10-12-23-13-11-18/h1-4,6,8-13,16-17H,5,7,14-15H2,(H,24,27). The number of allylic oxidation sites excluding steroid dienone is 2. The van der Waals surface area contributed by atoms with Crippen molar-refractivity contribution in [2.24, 2.45) is 5.92 Å². The molecule has 1 amide bonds. The molecule has 0 fully saturated rings. The van der Waals surface area contributed by atoms with Crippen molar-refractivity contribution in [3.8, 4) is 16.9 Å². The minimum atomic E-state index is 0.0830. The zero-order chi connectivity index (χ0) is 18.5. The maximum atomic E-state index is 12.3. The van der Waals surface area contributed by atoms with Gasteiger partial charge in [-0.15, -0.1) is 0 Å². The van der Waals surface area contributed by atoms with Crippen molar-refractivity contribution in [1.82, 2.24) is 20.1 Å². The van der Waals surface area contributed by atoms with Crippen molar-refractivity contribution >= 4 is 5.91 Å². The lowest BCUT2D eigenvalue weighted by atomic mass is 10.0. The first-order valence-electron chi connectivity index (χ1n) is 9.27. The number of benzene rings is 1. The molecule has 2 aromatic heterocycles. The molecule has 1 aliphatic rings. The average Bonchev–Trinajstić information content (AvgIpc) is 3.37. The van der Waals surface area contributed by atoms with E-state index in [0.29, 0.717) is 18.9 Å². The van der Waals surface area contributed by atoms with Crippen LogP contribution in [0, 0.1) is 5.92 Å². The van der Waals surface area contributed by atoms with E-state index >= 15 is 0 Å². The zero-order valence-electron chi connectivity index (χ0n) is 15.1. The molecular weight excluding hydrogens is 336 g/mol. The zero-order valence-corrected chi connectivity index (χ0v) is 15.1. The number of hydrogen-bond donors (Lipinski definition) is 1. The van der Waals surface area contributed by atoms with E-state index in [1.165, 1.54) is 0 Å². The van der Waals surface area contributed by atoms with Crippen LogP contribution in [0.2, 0.25) is 0 Å². The number of rotatable bonds is 6. The highest BCUT2D eigenvalue weighted by Crippen LogP contribution is 2.24. The Morgan fingerprint density at radius 3 is 2.70 bits per heavy atom. The summed E-state index contributed by atoms with van der Waals surface area (Å²) in [6, 6.07) is 13.9. The van der Waals surface area contributed by atoms with Crippen LogP contribution in [0.25, 0.3) is 16.9 Å². The molecule has 5 nitrogen and oxygen atoms in total. The Bertz CT molecular complexity index is 931. The first-order valence-corrected chi connectivity index (χ1v) is 9.27. The molecule has 27 heavy (non-hydrogen) atoms. The number of hydrogen-bond acceptors (Lipinski definition) is 3. The van der Waals surface area contributed by atoms with Gasteiger partial charge in [0.1, 0.15) is 0 Å². The van der Waals surface area contributed by atoms with Gasteiger partial charge in [-0.2, -0.15) is 5.10 Å². The second-order valence-electron chi connectivity index (χ2n) is 6.77. The molecule has 4 rings (SSSR count). The van der Waals surface area contributed by atoms with Crippen LogP contribution in [0.15, 0.2) is 73.2 Å². The van der Waals surface area contributed by atoms with Crippen LogP contribution in [-0.2, 0) is 11.3 Å². The molecular formula is C22H22N4O. The number of carbonyl (C=O) groups excluding carboxylic acids is 1. The number of nitrogens with zero attached hydrogens (tertiary/aromatic N) is 3. The van der Waals surface area contributed by atoms with Crippen LogP contribution in [-0.4, -0.2) is 20.7 Å². The van der Waals surface area contributed by atoms with Crippen molar-refractivity contribution in [2.75, 3.05) is 0 Å². The molecule has 1 N–H and O–H groups in total. The molecule has 1 unspecified atom stereocenters. The summed E-state index contributed by atoms with van der Waals surface area (Å²) in [6.45, 7) is 0.458. The fourth-order valence-corrected chi connectivity index (χ4v) is 3.37. The molecule has 0 saturated heterocycles. The van der Waals surface area contributed by atoms with Crippen molar-refractivity contribution in [2.45, 2.75) is 25.8 Å². The summed E-state index contributed by atoms with van der Waals surface area (Å²) in [7, 11) is 0. The van der Waals surface area contributed by atoms with Gasteiger partial charge in [-0.05, 0) is 43.0 Å². The first kappa shape index (κ1) is 17.2. The number of nitrogens with one attached hydrogen (secondary N) is 1. The summed E-state index contributed by atoms with van der Waals surface area (Å²) in [6.07, 6.45) is 12.5. The molecule has 1 aliphatic carbocycles. The van der Waals surface area contributed by atoms with Gasteiger partial charge in [0.2, 0.25) is 5.91 Å². The highest BCUT2D eigenvalue weighted by Gasteiger charge is 2.16. The van der Waals surface area contributed by atoms with E-state index < -0.39 is 0 Å². The molecule has 136 valence electrons. The van der Waals surface area contributed by atoms with Crippen molar-refractivity contribution in [3.63, 3.8) is 0 Å². The Balaban J connectivity index is 1.55. The second kappa shape index (κ2) is 7.99. The van der Waals surface area contributed by atoms with E-state index in [0.717, 1.165) is 35.3 Å². The fourth-order valence-electron chi connectivity index (χ4n) is 3.37. The van der Waals surface area contributed by atoms with Gasteiger partial charge in [0.25, 0.3) is 0 Å². The highest BCUT2D eigenvalue weighted by molar-refractivity contribution is 5.77. The van der Waals surface area contributed by atoms with Gasteiger partial charge in [0, 0.05) is 42.7 Å². The van der Waals surface area contributed by atoms with Crippen LogP contribution < -0.4 is 5.32 Å². The Morgan fingerprint density at radius 1 is 1.15 bits per heavy atom. The lowest BCUT2D eigenvalue weighted by Gasteiger charge is -2.08. The monoisotopic (exact) mass is 358 g/mol. The van der Waals surface area contributed by atoms with Gasteiger partial charge in [-0.3, -0.25) is 9.78 Å². The summed E-state index contributed by atoms with van der Waals surface area (Å²) in [5.74, 6) is 0.455. The molecule has 0 bridgehead atoms. The third kappa shape index (κ3) is 4.14. The summed E-state index contributed by atoms with van der Waals surface area (Å²) in [5, 5.41) is 7.82. The molecule has 0 spiro atoms. The van der Waals surface area contributed by atoms with Gasteiger partial charge < -0.3 is 5.32 Å². The van der Waals surface area contributed by atoms with E-state index in [9.17, 15) is 4.79 Å². The summed E-state index contributed by atoms with van der Waals surface area (Å²) in [4.78, 5) is 16.4. The quantitative estimate of drug-likeness (QED) is 0.680. The number of carbonyl (C=O) groups is 1. The van der Waals surface area contributed by atoms with E-state index in [1.807, 2.05) is 53.3 Å². The molecule has 1 aromatic carbocycles. The Labute approximate surface area is 158 Å². The smallest absolute Gasteiger partial charge is 0.220 e. The third-order valence-corrected chi connectivity index (χ3v) is 4.80. The fraction of sp³-hybridized carbons (Fsp3) is 0.227. The largest absolute Gasteiger partial charge is 0.352 e. The van der Waals surface area contributed by atoms with Crippen molar-refractivity contribution in [1.29, 1.82) is 0 Å². The van der Waals surface area contributed by atoms with E-state index in [-0.39, 0.29) is 5.91 Å². The van der Waals surface area contributed by atoms with Gasteiger partial charge in [-0.1, -0.05) is 30.4 Å². The number of amides is 1. The number of para-hydroxylation sites is 1. The molecule has 0 aliphatic heterocycles. The molecule has 2 heterocycles. The first-order chi connectivity index (χ1) is 13.3. The lowest BCUT2D eigenvalue weighted by Crippen LogP contribution is -2.24. The average molecular weight is 358 g/mol. The topological polar surface area (TPSA) is 59.8 Å². The summed E-state index contributed by atoms with van der Waals surface area (Å²) < 4.78 is 1.86. The third-order valence-electron chi connectivity index (χ3n) is 4.80. The van der Waals surface area contributed by atoms with E-state index in [1.54, 1.807) is 12.4 Å².